The Kier molecular flexibility index (Phi) is 7.60. The molecule has 1 aromatic rings. The molecule has 0 unspecified atom stereocenters. The summed E-state index contributed by atoms with van der Waals surface area (Å²) in [5.74, 6) is -0.0589. The number of nitrogens with one attached hydrogen (secondary N) is 1. The van der Waals surface area contributed by atoms with Gasteiger partial charge in [0.1, 0.15) is 0 Å². The molecule has 0 saturated heterocycles. The van der Waals surface area contributed by atoms with Crippen molar-refractivity contribution in [3.63, 3.8) is 0 Å². The first kappa shape index (κ1) is 18.2. The molecule has 1 aromatic carbocycles. The quantitative estimate of drug-likeness (QED) is 0.799. The van der Waals surface area contributed by atoms with E-state index in [0.29, 0.717) is 13.1 Å². The zero-order valence-corrected chi connectivity index (χ0v) is 14.1. The number of rotatable bonds is 8. The van der Waals surface area contributed by atoms with E-state index in [-0.39, 0.29) is 24.9 Å². The van der Waals surface area contributed by atoms with Crippen molar-refractivity contribution in [2.24, 2.45) is 0 Å². The monoisotopic (exact) mass is 305 g/mol. The Hall–Kier alpha value is -1.88. The summed E-state index contributed by atoms with van der Waals surface area (Å²) in [5.41, 5.74) is 1.98. The Morgan fingerprint density at radius 2 is 1.77 bits per heavy atom. The lowest BCUT2D eigenvalue weighted by Crippen LogP contribution is -2.41. The van der Waals surface area contributed by atoms with Gasteiger partial charge in [0.2, 0.25) is 11.8 Å². The van der Waals surface area contributed by atoms with Crippen LogP contribution in [0.4, 0.5) is 5.69 Å². The van der Waals surface area contributed by atoms with E-state index in [1.54, 1.807) is 16.8 Å². The van der Waals surface area contributed by atoms with Crippen molar-refractivity contribution in [2.45, 2.75) is 27.2 Å². The fourth-order valence-corrected chi connectivity index (χ4v) is 2.28. The molecule has 5 nitrogen and oxygen atoms in total. The topological polar surface area (TPSA) is 52.7 Å². The molecular formula is C17H27N3O2. The normalized spacial score (nSPS) is 10.6. The van der Waals surface area contributed by atoms with Gasteiger partial charge in [-0.25, -0.2) is 0 Å². The summed E-state index contributed by atoms with van der Waals surface area (Å²) in [6.45, 7) is 7.82. The average molecular weight is 305 g/mol. The fourth-order valence-electron chi connectivity index (χ4n) is 2.28. The molecular weight excluding hydrogens is 278 g/mol. The van der Waals surface area contributed by atoms with E-state index in [1.165, 1.54) is 5.56 Å². The van der Waals surface area contributed by atoms with Crippen LogP contribution in [0.3, 0.4) is 0 Å². The number of likely N-dealkylation sites (N-methyl/N-ethyl adjacent to an activating group) is 2. The highest BCUT2D eigenvalue weighted by molar-refractivity contribution is 5.92. The summed E-state index contributed by atoms with van der Waals surface area (Å²) in [4.78, 5) is 27.5. The number of aryl methyl sites for hydroxylation is 1. The first-order valence-electron chi connectivity index (χ1n) is 7.85. The van der Waals surface area contributed by atoms with E-state index in [9.17, 15) is 9.59 Å². The van der Waals surface area contributed by atoms with Crippen LogP contribution in [0, 0.1) is 0 Å². The van der Waals surface area contributed by atoms with Crippen molar-refractivity contribution in [3.8, 4) is 0 Å². The second-order valence-electron chi connectivity index (χ2n) is 5.34. The van der Waals surface area contributed by atoms with Crippen LogP contribution in [-0.4, -0.2) is 54.8 Å². The third kappa shape index (κ3) is 5.85. The van der Waals surface area contributed by atoms with Crippen LogP contribution in [0.15, 0.2) is 24.3 Å². The van der Waals surface area contributed by atoms with Crippen molar-refractivity contribution in [1.29, 1.82) is 0 Å². The van der Waals surface area contributed by atoms with Crippen LogP contribution in [0.2, 0.25) is 0 Å². The molecule has 22 heavy (non-hydrogen) atoms. The van der Waals surface area contributed by atoms with E-state index < -0.39 is 0 Å². The lowest BCUT2D eigenvalue weighted by atomic mass is 10.1. The fraction of sp³-hybridized carbons (Fsp3) is 0.529. The Morgan fingerprint density at radius 1 is 1.09 bits per heavy atom. The highest BCUT2D eigenvalue weighted by atomic mass is 16.2. The van der Waals surface area contributed by atoms with Crippen LogP contribution in [0.5, 0.6) is 0 Å². The molecule has 122 valence electrons. The van der Waals surface area contributed by atoms with Gasteiger partial charge in [-0.15, -0.1) is 0 Å². The smallest absolute Gasteiger partial charge is 0.238 e. The molecule has 0 aliphatic heterocycles. The molecule has 0 aromatic heterocycles. The molecule has 2 amide bonds. The van der Waals surface area contributed by atoms with Gasteiger partial charge in [0.25, 0.3) is 0 Å². The van der Waals surface area contributed by atoms with E-state index in [0.717, 1.165) is 12.1 Å². The van der Waals surface area contributed by atoms with Crippen molar-refractivity contribution in [1.82, 2.24) is 9.80 Å². The van der Waals surface area contributed by atoms with Crippen LogP contribution in [0.25, 0.3) is 0 Å². The third-order valence-electron chi connectivity index (χ3n) is 3.55. The number of benzene rings is 1. The van der Waals surface area contributed by atoms with Crippen LogP contribution in [0.1, 0.15) is 26.3 Å². The number of carbonyl (C=O) groups is 2. The first-order chi connectivity index (χ1) is 10.5. The van der Waals surface area contributed by atoms with Crippen LogP contribution >= 0.6 is 0 Å². The van der Waals surface area contributed by atoms with Gasteiger partial charge in [0.05, 0.1) is 13.1 Å². The van der Waals surface area contributed by atoms with Gasteiger partial charge in [-0.3, -0.25) is 14.5 Å². The number of nitrogens with zero attached hydrogens (tertiary/aromatic N) is 2. The van der Waals surface area contributed by atoms with E-state index in [2.05, 4.69) is 12.2 Å². The molecule has 0 aliphatic carbocycles. The van der Waals surface area contributed by atoms with Crippen LogP contribution in [-0.2, 0) is 16.0 Å². The molecule has 1 N–H and O–H groups in total. The molecule has 0 bridgehead atoms. The van der Waals surface area contributed by atoms with Crippen molar-refractivity contribution >= 4 is 17.5 Å². The number of carbonyl (C=O) groups excluding carboxylic acids is 2. The maximum Gasteiger partial charge on any atom is 0.238 e. The predicted octanol–water partition coefficient (Wildman–Crippen LogP) is 1.99. The number of amides is 2. The molecule has 1 rings (SSSR count). The second kappa shape index (κ2) is 9.20. The minimum absolute atomic E-state index is 0.0493. The molecule has 5 heteroatoms. The van der Waals surface area contributed by atoms with Gasteiger partial charge < -0.3 is 10.2 Å². The average Bonchev–Trinajstić information content (AvgIpc) is 2.48. The third-order valence-corrected chi connectivity index (χ3v) is 3.55. The number of hydrogen-bond acceptors (Lipinski definition) is 3. The number of hydrogen-bond donors (Lipinski definition) is 1. The van der Waals surface area contributed by atoms with Gasteiger partial charge >= 0.3 is 0 Å². The van der Waals surface area contributed by atoms with Gasteiger partial charge in [-0.05, 0) is 45.0 Å². The Labute approximate surface area is 133 Å². The summed E-state index contributed by atoms with van der Waals surface area (Å²) in [7, 11) is 1.78. The van der Waals surface area contributed by atoms with Crippen LogP contribution < -0.4 is 5.32 Å². The highest BCUT2D eigenvalue weighted by Crippen LogP contribution is 2.10. The lowest BCUT2D eigenvalue weighted by Gasteiger charge is -2.22. The molecule has 0 atom stereocenters. The minimum Gasteiger partial charge on any atom is -0.342 e. The van der Waals surface area contributed by atoms with Crippen molar-refractivity contribution in [2.75, 3.05) is 38.5 Å². The molecule has 0 saturated carbocycles. The molecule has 0 aliphatic rings. The summed E-state index contributed by atoms with van der Waals surface area (Å²) >= 11 is 0. The van der Waals surface area contributed by atoms with E-state index in [1.807, 2.05) is 38.1 Å². The zero-order chi connectivity index (χ0) is 16.5. The van der Waals surface area contributed by atoms with Crippen molar-refractivity contribution in [3.05, 3.63) is 29.8 Å². The summed E-state index contributed by atoms with van der Waals surface area (Å²) in [5, 5.41) is 2.87. The highest BCUT2D eigenvalue weighted by Gasteiger charge is 2.14. The Bertz CT molecular complexity index is 498. The van der Waals surface area contributed by atoms with E-state index in [4.69, 9.17) is 0 Å². The van der Waals surface area contributed by atoms with Gasteiger partial charge in [0.15, 0.2) is 0 Å². The standard InChI is InChI=1S/C17H27N3O2/c1-5-14-9-8-10-15(11-14)18-16(21)12-19(4)13-17(22)20(6-2)7-3/h8-11H,5-7,12-13H2,1-4H3,(H,18,21). The molecule has 0 heterocycles. The molecule has 0 radical (unpaired) electrons. The lowest BCUT2D eigenvalue weighted by molar-refractivity contribution is -0.132. The van der Waals surface area contributed by atoms with E-state index >= 15 is 0 Å². The number of anilines is 1. The first-order valence-corrected chi connectivity index (χ1v) is 7.85. The maximum absolute atomic E-state index is 12.0. The Balaban J connectivity index is 2.48. The summed E-state index contributed by atoms with van der Waals surface area (Å²) < 4.78 is 0. The van der Waals surface area contributed by atoms with Crippen molar-refractivity contribution < 1.29 is 9.59 Å². The largest absolute Gasteiger partial charge is 0.342 e. The van der Waals surface area contributed by atoms with Gasteiger partial charge in [-0.2, -0.15) is 0 Å². The van der Waals surface area contributed by atoms with Gasteiger partial charge in [0, 0.05) is 18.8 Å². The summed E-state index contributed by atoms with van der Waals surface area (Å²) in [6.07, 6.45) is 0.933. The molecule has 0 spiro atoms. The second-order valence-corrected chi connectivity index (χ2v) is 5.34. The molecule has 0 fully saturated rings. The minimum atomic E-state index is -0.108. The predicted molar refractivity (Wildman–Crippen MR) is 89.9 cm³/mol. The summed E-state index contributed by atoms with van der Waals surface area (Å²) in [6, 6.07) is 7.81. The SMILES string of the molecule is CCc1cccc(NC(=O)CN(C)CC(=O)N(CC)CC)c1. The zero-order valence-electron chi connectivity index (χ0n) is 14.1. The maximum atomic E-state index is 12.0. The van der Waals surface area contributed by atoms with Gasteiger partial charge in [-0.1, -0.05) is 19.1 Å². The Morgan fingerprint density at radius 3 is 2.36 bits per heavy atom.